The van der Waals surface area contributed by atoms with Crippen molar-refractivity contribution in [2.24, 2.45) is 0 Å². The van der Waals surface area contributed by atoms with Crippen molar-refractivity contribution in [3.8, 4) is 0 Å². The zero-order valence-electron chi connectivity index (χ0n) is 11.6. The molecule has 1 fully saturated rings. The normalized spacial score (nSPS) is 14.4. The van der Waals surface area contributed by atoms with E-state index in [0.29, 0.717) is 5.02 Å². The van der Waals surface area contributed by atoms with Gasteiger partial charge in [0.25, 0.3) is 0 Å². The fourth-order valence-electron chi connectivity index (χ4n) is 2.09. The highest BCUT2D eigenvalue weighted by Crippen LogP contribution is 2.29. The standard InChI is InChI=1S/C17H17Cl2NS/c18-14-5-4-13(17(19)9-14)11-21-16-3-1-2-12(8-16)10-20-15-6-7-15/h1-5,8-9,15,20H,6-7,10-11H2. The Bertz CT molecular complexity index is 626. The van der Waals surface area contributed by atoms with Crippen molar-refractivity contribution in [3.63, 3.8) is 0 Å². The molecule has 0 saturated heterocycles. The summed E-state index contributed by atoms with van der Waals surface area (Å²) >= 11 is 13.9. The summed E-state index contributed by atoms with van der Waals surface area (Å²) < 4.78 is 0. The van der Waals surface area contributed by atoms with Crippen LogP contribution in [0, 0.1) is 0 Å². The first-order valence-corrected chi connectivity index (χ1v) is 8.84. The first-order valence-electron chi connectivity index (χ1n) is 7.10. The second kappa shape index (κ2) is 7.06. The highest BCUT2D eigenvalue weighted by atomic mass is 35.5. The molecule has 0 spiro atoms. The van der Waals surface area contributed by atoms with Crippen LogP contribution in [-0.2, 0) is 12.3 Å². The molecular weight excluding hydrogens is 321 g/mol. The first kappa shape index (κ1) is 15.2. The van der Waals surface area contributed by atoms with E-state index in [1.807, 2.05) is 12.1 Å². The van der Waals surface area contributed by atoms with Crippen molar-refractivity contribution in [1.82, 2.24) is 5.32 Å². The van der Waals surface area contributed by atoms with Gasteiger partial charge in [0.05, 0.1) is 0 Å². The van der Waals surface area contributed by atoms with E-state index < -0.39 is 0 Å². The zero-order valence-corrected chi connectivity index (χ0v) is 13.9. The molecule has 21 heavy (non-hydrogen) atoms. The molecule has 0 bridgehead atoms. The lowest BCUT2D eigenvalue weighted by Gasteiger charge is -2.07. The number of hydrogen-bond acceptors (Lipinski definition) is 2. The Balaban J connectivity index is 1.60. The van der Waals surface area contributed by atoms with Gasteiger partial charge in [-0.3, -0.25) is 0 Å². The van der Waals surface area contributed by atoms with Gasteiger partial charge in [0.15, 0.2) is 0 Å². The van der Waals surface area contributed by atoms with Crippen LogP contribution < -0.4 is 5.32 Å². The topological polar surface area (TPSA) is 12.0 Å². The van der Waals surface area contributed by atoms with E-state index in [4.69, 9.17) is 23.2 Å². The molecule has 1 nitrogen and oxygen atoms in total. The lowest BCUT2D eigenvalue weighted by Crippen LogP contribution is -2.15. The maximum Gasteiger partial charge on any atom is 0.0461 e. The van der Waals surface area contributed by atoms with E-state index in [1.54, 1.807) is 17.8 Å². The Kier molecular flexibility index (Phi) is 5.12. The predicted octanol–water partition coefficient (Wildman–Crippen LogP) is 5.54. The van der Waals surface area contributed by atoms with Gasteiger partial charge < -0.3 is 5.32 Å². The highest BCUT2D eigenvalue weighted by molar-refractivity contribution is 7.98. The highest BCUT2D eigenvalue weighted by Gasteiger charge is 2.19. The third-order valence-electron chi connectivity index (χ3n) is 3.48. The average Bonchev–Trinajstić information content (AvgIpc) is 3.29. The van der Waals surface area contributed by atoms with Gasteiger partial charge >= 0.3 is 0 Å². The number of benzene rings is 2. The van der Waals surface area contributed by atoms with Gasteiger partial charge in [-0.1, -0.05) is 41.4 Å². The molecule has 0 aliphatic heterocycles. The molecule has 2 aromatic carbocycles. The third-order valence-corrected chi connectivity index (χ3v) is 5.11. The summed E-state index contributed by atoms with van der Waals surface area (Å²) in [5, 5.41) is 4.96. The lowest BCUT2D eigenvalue weighted by molar-refractivity contribution is 0.687. The van der Waals surface area contributed by atoms with E-state index in [-0.39, 0.29) is 0 Å². The third kappa shape index (κ3) is 4.65. The summed E-state index contributed by atoms with van der Waals surface area (Å²) in [6.07, 6.45) is 2.65. The minimum atomic E-state index is 0.682. The largest absolute Gasteiger partial charge is 0.310 e. The van der Waals surface area contributed by atoms with Gasteiger partial charge in [-0.2, -0.15) is 0 Å². The molecule has 110 valence electrons. The van der Waals surface area contributed by atoms with Gasteiger partial charge in [-0.15, -0.1) is 11.8 Å². The van der Waals surface area contributed by atoms with Crippen LogP contribution in [0.15, 0.2) is 47.4 Å². The van der Waals surface area contributed by atoms with Gasteiger partial charge in [-0.05, 0) is 48.2 Å². The molecule has 0 aromatic heterocycles. The van der Waals surface area contributed by atoms with Crippen molar-refractivity contribution in [2.45, 2.75) is 36.1 Å². The Labute approximate surface area is 140 Å². The fraction of sp³-hybridized carbons (Fsp3) is 0.294. The quantitative estimate of drug-likeness (QED) is 0.694. The molecule has 0 amide bonds. The van der Waals surface area contributed by atoms with Crippen LogP contribution in [0.2, 0.25) is 10.0 Å². The molecule has 1 aliphatic rings. The smallest absolute Gasteiger partial charge is 0.0461 e. The lowest BCUT2D eigenvalue weighted by atomic mass is 10.2. The molecule has 1 aliphatic carbocycles. The van der Waals surface area contributed by atoms with Crippen molar-refractivity contribution >= 4 is 35.0 Å². The maximum absolute atomic E-state index is 6.21. The van der Waals surface area contributed by atoms with Crippen molar-refractivity contribution in [2.75, 3.05) is 0 Å². The van der Waals surface area contributed by atoms with Crippen molar-refractivity contribution in [1.29, 1.82) is 0 Å². The predicted molar refractivity (Wildman–Crippen MR) is 92.3 cm³/mol. The molecule has 0 unspecified atom stereocenters. The summed E-state index contributed by atoms with van der Waals surface area (Å²) in [5.74, 6) is 0.857. The Hall–Kier alpha value is -0.670. The maximum atomic E-state index is 6.21. The van der Waals surface area contributed by atoms with Crippen LogP contribution in [-0.4, -0.2) is 6.04 Å². The second-order valence-corrected chi connectivity index (χ2v) is 7.22. The van der Waals surface area contributed by atoms with E-state index in [1.165, 1.54) is 23.3 Å². The van der Waals surface area contributed by atoms with E-state index in [0.717, 1.165) is 28.9 Å². The average molecular weight is 338 g/mol. The van der Waals surface area contributed by atoms with E-state index in [9.17, 15) is 0 Å². The summed E-state index contributed by atoms with van der Waals surface area (Å²) in [6, 6.07) is 15.1. The molecule has 0 radical (unpaired) electrons. The van der Waals surface area contributed by atoms with Crippen molar-refractivity contribution < 1.29 is 0 Å². The zero-order chi connectivity index (χ0) is 14.7. The number of nitrogens with one attached hydrogen (secondary N) is 1. The van der Waals surface area contributed by atoms with Gasteiger partial charge in [0.2, 0.25) is 0 Å². The molecule has 3 rings (SSSR count). The number of hydrogen-bond donors (Lipinski definition) is 1. The molecule has 1 N–H and O–H groups in total. The monoisotopic (exact) mass is 337 g/mol. The first-order chi connectivity index (χ1) is 10.2. The number of halogens is 2. The van der Waals surface area contributed by atoms with E-state index in [2.05, 4.69) is 29.6 Å². The summed E-state index contributed by atoms with van der Waals surface area (Å²) in [4.78, 5) is 1.27. The summed E-state index contributed by atoms with van der Waals surface area (Å²) in [5.41, 5.74) is 2.46. The van der Waals surface area contributed by atoms with Crippen LogP contribution in [0.4, 0.5) is 0 Å². The molecule has 1 saturated carbocycles. The Morgan fingerprint density at radius 3 is 2.71 bits per heavy atom. The minimum Gasteiger partial charge on any atom is -0.310 e. The molecule has 0 heterocycles. The molecule has 2 aromatic rings. The van der Waals surface area contributed by atoms with Crippen LogP contribution in [0.1, 0.15) is 24.0 Å². The van der Waals surface area contributed by atoms with E-state index >= 15 is 0 Å². The van der Waals surface area contributed by atoms with Crippen LogP contribution in [0.3, 0.4) is 0 Å². The van der Waals surface area contributed by atoms with Gasteiger partial charge in [0, 0.05) is 33.3 Å². The molecule has 0 atom stereocenters. The SMILES string of the molecule is Clc1ccc(CSc2cccc(CNC3CC3)c2)c(Cl)c1. The second-order valence-electron chi connectivity index (χ2n) is 5.33. The summed E-state index contributed by atoms with van der Waals surface area (Å²) in [7, 11) is 0. The van der Waals surface area contributed by atoms with Crippen LogP contribution in [0.5, 0.6) is 0 Å². The Morgan fingerprint density at radius 2 is 1.95 bits per heavy atom. The number of rotatable bonds is 6. The molecule has 4 heteroatoms. The van der Waals surface area contributed by atoms with Crippen LogP contribution >= 0.6 is 35.0 Å². The number of thioether (sulfide) groups is 1. The fourth-order valence-corrected chi connectivity index (χ4v) is 3.63. The summed E-state index contributed by atoms with van der Waals surface area (Å²) in [6.45, 7) is 0.959. The Morgan fingerprint density at radius 1 is 1.10 bits per heavy atom. The minimum absolute atomic E-state index is 0.682. The van der Waals surface area contributed by atoms with Gasteiger partial charge in [0.1, 0.15) is 0 Å². The van der Waals surface area contributed by atoms with Crippen LogP contribution in [0.25, 0.3) is 0 Å². The van der Waals surface area contributed by atoms with Crippen molar-refractivity contribution in [3.05, 3.63) is 63.6 Å². The van der Waals surface area contributed by atoms with Gasteiger partial charge in [-0.25, -0.2) is 0 Å². The molecular formula is C17H17Cl2NS.